The summed E-state index contributed by atoms with van der Waals surface area (Å²) in [6.45, 7) is 5.07. The fraction of sp³-hybridized carbons (Fsp3) is 0.462. The van der Waals surface area contributed by atoms with Crippen LogP contribution in [0.2, 0.25) is 0 Å². The second-order valence-corrected chi connectivity index (χ2v) is 9.02. The molecule has 2 aliphatic heterocycles. The lowest BCUT2D eigenvalue weighted by Gasteiger charge is -2.29. The van der Waals surface area contributed by atoms with Gasteiger partial charge < -0.3 is 28.4 Å². The second-order valence-electron chi connectivity index (χ2n) is 9.02. The van der Waals surface area contributed by atoms with E-state index in [4.69, 9.17) is 28.4 Å². The monoisotopic (exact) mass is 470 g/mol. The molecule has 2 aromatic carbocycles. The lowest BCUT2D eigenvalue weighted by Crippen LogP contribution is -2.37. The summed E-state index contributed by atoms with van der Waals surface area (Å²) in [5.74, 6) is 0.718. The summed E-state index contributed by atoms with van der Waals surface area (Å²) in [6, 6.07) is 9.14. The summed E-state index contributed by atoms with van der Waals surface area (Å²) in [4.78, 5) is 24.8. The lowest BCUT2D eigenvalue weighted by atomic mass is 9.94. The highest BCUT2D eigenvalue weighted by Gasteiger charge is 2.34. The molecule has 0 amide bonds. The molecule has 34 heavy (non-hydrogen) atoms. The van der Waals surface area contributed by atoms with Crippen molar-refractivity contribution in [2.24, 2.45) is 5.41 Å². The van der Waals surface area contributed by atoms with E-state index in [2.05, 4.69) is 0 Å². The molecule has 2 aliphatic rings. The zero-order chi connectivity index (χ0) is 24.3. The van der Waals surface area contributed by atoms with Gasteiger partial charge in [-0.15, -0.1) is 0 Å². The van der Waals surface area contributed by atoms with Gasteiger partial charge in [0.15, 0.2) is 11.5 Å². The minimum atomic E-state index is -0.901. The van der Waals surface area contributed by atoms with Gasteiger partial charge in [-0.2, -0.15) is 0 Å². The Hall–Kier alpha value is -3.26. The molecular weight excluding hydrogens is 440 g/mol. The highest BCUT2D eigenvalue weighted by Crippen LogP contribution is 2.45. The molecule has 4 rings (SSSR count). The molecule has 0 atom stereocenters. The molecular formula is C26H30O8. The minimum Gasteiger partial charge on any atom is -0.493 e. The van der Waals surface area contributed by atoms with Crippen LogP contribution in [0.1, 0.15) is 42.6 Å². The van der Waals surface area contributed by atoms with E-state index in [1.54, 1.807) is 33.1 Å². The number of ether oxygens (including phenoxy) is 6. The lowest BCUT2D eigenvalue weighted by molar-refractivity contribution is -0.165. The van der Waals surface area contributed by atoms with Gasteiger partial charge in [0.25, 0.3) is 0 Å². The van der Waals surface area contributed by atoms with E-state index in [0.717, 1.165) is 16.7 Å². The number of fused-ring (bicyclic) bond motifs is 1. The van der Waals surface area contributed by atoms with Crippen LogP contribution < -0.4 is 14.2 Å². The van der Waals surface area contributed by atoms with Gasteiger partial charge in [0, 0.05) is 24.0 Å². The summed E-state index contributed by atoms with van der Waals surface area (Å²) in [5, 5.41) is 0. The molecule has 0 aromatic heterocycles. The molecule has 8 nitrogen and oxygen atoms in total. The Bertz CT molecular complexity index is 1070. The molecule has 1 saturated heterocycles. The Kier molecular flexibility index (Phi) is 6.97. The first-order valence-electron chi connectivity index (χ1n) is 11.3. The maximum absolute atomic E-state index is 12.9. The third-order valence-electron chi connectivity index (χ3n) is 6.07. The predicted molar refractivity (Wildman–Crippen MR) is 123 cm³/mol. The van der Waals surface area contributed by atoms with E-state index in [1.807, 2.05) is 18.2 Å². The summed E-state index contributed by atoms with van der Waals surface area (Å²) in [5.41, 5.74) is 2.04. The van der Waals surface area contributed by atoms with Gasteiger partial charge in [0.1, 0.15) is 19.3 Å². The first kappa shape index (κ1) is 23.9. The van der Waals surface area contributed by atoms with Gasteiger partial charge in [-0.1, -0.05) is 6.07 Å². The van der Waals surface area contributed by atoms with Crippen molar-refractivity contribution < 1.29 is 38.0 Å². The van der Waals surface area contributed by atoms with Crippen molar-refractivity contribution in [1.29, 1.82) is 0 Å². The number of hydrogen-bond acceptors (Lipinski definition) is 8. The van der Waals surface area contributed by atoms with Crippen LogP contribution in [0.15, 0.2) is 30.3 Å². The summed E-state index contributed by atoms with van der Waals surface area (Å²) in [6.07, 6.45) is 1.25. The van der Waals surface area contributed by atoms with Crippen molar-refractivity contribution in [2.45, 2.75) is 39.4 Å². The minimum absolute atomic E-state index is 0.0676. The molecule has 2 heterocycles. The Morgan fingerprint density at radius 3 is 2.47 bits per heavy atom. The first-order valence-corrected chi connectivity index (χ1v) is 11.3. The normalized spacial score (nSPS) is 15.9. The summed E-state index contributed by atoms with van der Waals surface area (Å²) >= 11 is 0. The topological polar surface area (TPSA) is 89.5 Å². The zero-order valence-electron chi connectivity index (χ0n) is 20.0. The van der Waals surface area contributed by atoms with Crippen LogP contribution >= 0.6 is 0 Å². The van der Waals surface area contributed by atoms with Crippen LogP contribution in [0.5, 0.6) is 17.2 Å². The van der Waals surface area contributed by atoms with E-state index in [-0.39, 0.29) is 31.3 Å². The average Bonchev–Trinajstić information content (AvgIpc) is 3.22. The van der Waals surface area contributed by atoms with Crippen molar-refractivity contribution in [1.82, 2.24) is 0 Å². The van der Waals surface area contributed by atoms with Gasteiger partial charge in [0.2, 0.25) is 5.75 Å². The van der Waals surface area contributed by atoms with Crippen LogP contribution in [-0.2, 0) is 25.6 Å². The maximum Gasteiger partial charge on any atom is 0.338 e. The molecule has 0 saturated carbocycles. The molecule has 8 heteroatoms. The predicted octanol–water partition coefficient (Wildman–Crippen LogP) is 4.17. The quantitative estimate of drug-likeness (QED) is 0.531. The molecule has 0 bridgehead atoms. The zero-order valence-corrected chi connectivity index (χ0v) is 20.0. The molecule has 0 radical (unpaired) electrons. The molecule has 1 fully saturated rings. The van der Waals surface area contributed by atoms with E-state index >= 15 is 0 Å². The number of rotatable bonds is 8. The smallest absolute Gasteiger partial charge is 0.338 e. The number of cyclic esters (lactones) is 1. The Morgan fingerprint density at radius 1 is 1.03 bits per heavy atom. The van der Waals surface area contributed by atoms with Crippen molar-refractivity contribution in [3.05, 3.63) is 41.5 Å². The highest BCUT2D eigenvalue weighted by molar-refractivity contribution is 5.94. The molecule has 182 valence electrons. The van der Waals surface area contributed by atoms with Crippen molar-refractivity contribution in [3.63, 3.8) is 0 Å². The molecule has 0 N–H and O–H groups in total. The van der Waals surface area contributed by atoms with E-state index in [9.17, 15) is 9.59 Å². The fourth-order valence-corrected chi connectivity index (χ4v) is 3.99. The fourth-order valence-electron chi connectivity index (χ4n) is 3.99. The van der Waals surface area contributed by atoms with Crippen molar-refractivity contribution >= 4 is 11.9 Å². The van der Waals surface area contributed by atoms with E-state index in [1.165, 1.54) is 7.11 Å². The Labute approximate surface area is 199 Å². The van der Waals surface area contributed by atoms with E-state index in [0.29, 0.717) is 48.9 Å². The van der Waals surface area contributed by atoms with Gasteiger partial charge in [0.05, 0.1) is 38.4 Å². The first-order chi connectivity index (χ1) is 16.3. The average molecular weight is 471 g/mol. The van der Waals surface area contributed by atoms with Crippen LogP contribution in [0.25, 0.3) is 11.1 Å². The van der Waals surface area contributed by atoms with Gasteiger partial charge in [-0.3, -0.25) is 4.79 Å². The van der Waals surface area contributed by atoms with Crippen molar-refractivity contribution in [2.75, 3.05) is 34.0 Å². The second kappa shape index (κ2) is 9.93. The number of carbonyl (C=O) groups is 2. The number of hydrogen-bond donors (Lipinski definition) is 0. The van der Waals surface area contributed by atoms with Gasteiger partial charge >= 0.3 is 11.9 Å². The van der Waals surface area contributed by atoms with Crippen LogP contribution in [0.4, 0.5) is 0 Å². The number of methoxy groups -OCH3 is 2. The standard InChI is InChI=1S/C26H30O8/c1-26(2,25(28)34-18-9-11-31-12-10-18)15-33-22-19(7-8-21(29-3)23(22)30-4)16-5-6-20-17(13-16)14-32-24(20)27/h5-8,13,18H,9-12,14-15H2,1-4H3. The molecule has 0 aliphatic carbocycles. The molecule has 2 aromatic rings. The summed E-state index contributed by atoms with van der Waals surface area (Å²) in [7, 11) is 3.09. The Balaban J connectivity index is 1.61. The van der Waals surface area contributed by atoms with Crippen LogP contribution in [0.3, 0.4) is 0 Å². The largest absolute Gasteiger partial charge is 0.493 e. The maximum atomic E-state index is 12.9. The highest BCUT2D eigenvalue weighted by atomic mass is 16.6. The van der Waals surface area contributed by atoms with Crippen LogP contribution in [-0.4, -0.2) is 52.1 Å². The number of carbonyl (C=O) groups excluding carboxylic acids is 2. The Morgan fingerprint density at radius 2 is 1.76 bits per heavy atom. The van der Waals surface area contributed by atoms with Crippen LogP contribution in [0, 0.1) is 5.41 Å². The van der Waals surface area contributed by atoms with E-state index < -0.39 is 5.41 Å². The SMILES string of the molecule is COc1ccc(-c2ccc3c(c2)COC3=O)c(OCC(C)(C)C(=O)OC2CCOCC2)c1OC. The number of esters is 2. The third-order valence-corrected chi connectivity index (χ3v) is 6.07. The molecule has 0 spiro atoms. The third kappa shape index (κ3) is 4.82. The molecule has 0 unspecified atom stereocenters. The van der Waals surface area contributed by atoms with Gasteiger partial charge in [-0.25, -0.2) is 4.79 Å². The van der Waals surface area contributed by atoms with Gasteiger partial charge in [-0.05, 0) is 43.7 Å². The summed E-state index contributed by atoms with van der Waals surface area (Å²) < 4.78 is 33.5. The van der Waals surface area contributed by atoms with Crippen molar-refractivity contribution in [3.8, 4) is 28.4 Å². The number of benzene rings is 2.